The Bertz CT molecular complexity index is 874. The van der Waals surface area contributed by atoms with Gasteiger partial charge in [0.1, 0.15) is 18.1 Å². The van der Waals surface area contributed by atoms with Crippen LogP contribution in [0.2, 0.25) is 0 Å². The number of nitrogens with two attached hydrogens (primary N) is 2. The number of aromatic nitrogens is 2. The van der Waals surface area contributed by atoms with Gasteiger partial charge in [0, 0.05) is 24.7 Å². The third kappa shape index (κ3) is 9.73. The second-order valence-corrected chi connectivity index (χ2v) is 8.89. The van der Waals surface area contributed by atoms with E-state index in [1.54, 1.807) is 13.8 Å². The summed E-state index contributed by atoms with van der Waals surface area (Å²) in [7, 11) is 0. The maximum atomic E-state index is 13.0. The van der Waals surface area contributed by atoms with Gasteiger partial charge < -0.3 is 37.5 Å². The molecular formula is C22H37N7O6. The van der Waals surface area contributed by atoms with Crippen LogP contribution in [-0.4, -0.2) is 68.8 Å². The number of nitrogens with zero attached hydrogens (tertiary/aromatic N) is 1. The van der Waals surface area contributed by atoms with Crippen molar-refractivity contribution in [2.75, 3.05) is 0 Å². The first kappa shape index (κ1) is 29.6. The molecule has 0 spiro atoms. The predicted molar refractivity (Wildman–Crippen MR) is 126 cm³/mol. The van der Waals surface area contributed by atoms with Crippen molar-refractivity contribution in [2.45, 2.75) is 77.5 Å². The van der Waals surface area contributed by atoms with Gasteiger partial charge >= 0.3 is 5.97 Å². The lowest BCUT2D eigenvalue weighted by molar-refractivity contribution is -0.142. The number of H-pyrrole nitrogens is 1. The molecule has 1 aromatic heterocycles. The Hall–Kier alpha value is -3.48. The van der Waals surface area contributed by atoms with Gasteiger partial charge in [-0.25, -0.2) is 9.78 Å². The topological polar surface area (TPSA) is 222 Å². The summed E-state index contributed by atoms with van der Waals surface area (Å²) in [6.07, 6.45) is 3.01. The second-order valence-electron chi connectivity index (χ2n) is 8.89. The Morgan fingerprint density at radius 1 is 1.03 bits per heavy atom. The molecular weight excluding hydrogens is 458 g/mol. The fraction of sp³-hybridized carbons (Fsp3) is 0.636. The standard InChI is InChI=1S/C22H37N7O6/c1-5-12(4)17(24)20(32)29-18(11(2)3)21(33)27-14(6-7-16(23)30)19(31)28-15(22(34)35)8-13-9-25-10-26-13/h9-12,14-15,17-18H,5-8,24H2,1-4H3,(H2,23,30)(H,25,26)(H,27,33)(H,28,31)(H,29,32)(H,34,35). The van der Waals surface area contributed by atoms with Crippen LogP contribution >= 0.6 is 0 Å². The number of carbonyl (C=O) groups excluding carboxylic acids is 4. The molecule has 4 amide bonds. The third-order valence-electron chi connectivity index (χ3n) is 5.71. The summed E-state index contributed by atoms with van der Waals surface area (Å²) in [4.78, 5) is 68.0. The van der Waals surface area contributed by atoms with E-state index in [9.17, 15) is 29.1 Å². The number of hydrogen-bond donors (Lipinski definition) is 7. The molecule has 5 atom stereocenters. The highest BCUT2D eigenvalue weighted by Crippen LogP contribution is 2.09. The van der Waals surface area contributed by atoms with Crippen molar-refractivity contribution in [3.8, 4) is 0 Å². The molecule has 196 valence electrons. The fourth-order valence-corrected chi connectivity index (χ4v) is 3.20. The molecule has 9 N–H and O–H groups in total. The number of primary amides is 1. The number of amides is 4. The van der Waals surface area contributed by atoms with Gasteiger partial charge in [-0.2, -0.15) is 0 Å². The Labute approximate surface area is 204 Å². The number of hydrogen-bond acceptors (Lipinski definition) is 7. The van der Waals surface area contributed by atoms with E-state index in [2.05, 4.69) is 25.9 Å². The van der Waals surface area contributed by atoms with Crippen molar-refractivity contribution in [3.63, 3.8) is 0 Å². The van der Waals surface area contributed by atoms with Gasteiger partial charge in [-0.1, -0.05) is 34.1 Å². The Kier molecular flexibility index (Phi) is 11.9. The van der Waals surface area contributed by atoms with Gasteiger partial charge in [-0.05, 0) is 18.3 Å². The molecule has 0 saturated heterocycles. The lowest BCUT2D eigenvalue weighted by Gasteiger charge is -2.27. The molecule has 0 radical (unpaired) electrons. The molecule has 0 aromatic carbocycles. The van der Waals surface area contributed by atoms with E-state index >= 15 is 0 Å². The molecule has 5 unspecified atom stereocenters. The number of carboxylic acid groups (broad SMARTS) is 1. The van der Waals surface area contributed by atoms with E-state index in [0.29, 0.717) is 12.1 Å². The van der Waals surface area contributed by atoms with Crippen LogP contribution in [-0.2, 0) is 30.4 Å². The average Bonchev–Trinajstić information content (AvgIpc) is 3.30. The van der Waals surface area contributed by atoms with Crippen molar-refractivity contribution in [2.24, 2.45) is 23.3 Å². The molecule has 1 rings (SSSR count). The zero-order chi connectivity index (χ0) is 26.7. The summed E-state index contributed by atoms with van der Waals surface area (Å²) in [6, 6.07) is -4.41. The highest BCUT2D eigenvalue weighted by atomic mass is 16.4. The van der Waals surface area contributed by atoms with Crippen molar-refractivity contribution in [1.29, 1.82) is 0 Å². The normalized spacial score (nSPS) is 15.4. The van der Waals surface area contributed by atoms with Crippen molar-refractivity contribution in [1.82, 2.24) is 25.9 Å². The molecule has 0 aliphatic heterocycles. The summed E-state index contributed by atoms with van der Waals surface area (Å²) >= 11 is 0. The molecule has 0 saturated carbocycles. The lowest BCUT2D eigenvalue weighted by Crippen LogP contribution is -2.59. The summed E-state index contributed by atoms with van der Waals surface area (Å²) in [5.41, 5.74) is 11.6. The van der Waals surface area contributed by atoms with Crippen LogP contribution in [0.15, 0.2) is 12.5 Å². The second kappa shape index (κ2) is 14.0. The van der Waals surface area contributed by atoms with Crippen LogP contribution in [0.1, 0.15) is 52.7 Å². The van der Waals surface area contributed by atoms with E-state index in [1.807, 2.05) is 13.8 Å². The van der Waals surface area contributed by atoms with E-state index < -0.39 is 53.8 Å². The molecule has 35 heavy (non-hydrogen) atoms. The summed E-state index contributed by atoms with van der Waals surface area (Å²) in [5, 5.41) is 17.0. The molecule has 0 aliphatic carbocycles. The number of rotatable bonds is 15. The van der Waals surface area contributed by atoms with Crippen LogP contribution in [0.3, 0.4) is 0 Å². The monoisotopic (exact) mass is 495 g/mol. The fourth-order valence-electron chi connectivity index (χ4n) is 3.20. The largest absolute Gasteiger partial charge is 0.480 e. The number of imidazole rings is 1. The van der Waals surface area contributed by atoms with Crippen LogP contribution in [0.5, 0.6) is 0 Å². The first-order chi connectivity index (χ1) is 16.4. The minimum absolute atomic E-state index is 0.0737. The molecule has 0 fully saturated rings. The average molecular weight is 496 g/mol. The minimum atomic E-state index is -1.31. The van der Waals surface area contributed by atoms with E-state index in [-0.39, 0.29) is 31.1 Å². The van der Waals surface area contributed by atoms with E-state index in [0.717, 1.165) is 0 Å². The summed E-state index contributed by atoms with van der Waals surface area (Å²) in [6.45, 7) is 7.13. The number of carbonyl (C=O) groups is 5. The number of carboxylic acids is 1. The van der Waals surface area contributed by atoms with E-state index in [4.69, 9.17) is 11.5 Å². The lowest BCUT2D eigenvalue weighted by atomic mass is 9.97. The highest BCUT2D eigenvalue weighted by molar-refractivity contribution is 5.94. The number of aromatic amines is 1. The van der Waals surface area contributed by atoms with Crippen LogP contribution in [0.25, 0.3) is 0 Å². The van der Waals surface area contributed by atoms with Gasteiger partial charge in [-0.15, -0.1) is 0 Å². The maximum Gasteiger partial charge on any atom is 0.326 e. The van der Waals surface area contributed by atoms with Crippen LogP contribution < -0.4 is 27.4 Å². The molecule has 0 aliphatic rings. The molecule has 13 nitrogen and oxygen atoms in total. The van der Waals surface area contributed by atoms with Crippen LogP contribution in [0, 0.1) is 11.8 Å². The number of aliphatic carboxylic acids is 1. The van der Waals surface area contributed by atoms with Crippen molar-refractivity contribution in [3.05, 3.63) is 18.2 Å². The zero-order valence-electron chi connectivity index (χ0n) is 20.5. The molecule has 1 heterocycles. The van der Waals surface area contributed by atoms with Gasteiger partial charge in [0.25, 0.3) is 0 Å². The molecule has 0 bridgehead atoms. The molecule has 1 aromatic rings. The summed E-state index contributed by atoms with van der Waals surface area (Å²) in [5.74, 6) is -4.43. The zero-order valence-corrected chi connectivity index (χ0v) is 20.5. The third-order valence-corrected chi connectivity index (χ3v) is 5.71. The van der Waals surface area contributed by atoms with Crippen molar-refractivity contribution >= 4 is 29.6 Å². The van der Waals surface area contributed by atoms with Crippen molar-refractivity contribution < 1.29 is 29.1 Å². The minimum Gasteiger partial charge on any atom is -0.480 e. The number of nitrogens with one attached hydrogen (secondary N) is 4. The van der Waals surface area contributed by atoms with Gasteiger partial charge in [0.05, 0.1) is 12.4 Å². The highest BCUT2D eigenvalue weighted by Gasteiger charge is 2.32. The molecule has 13 heteroatoms. The Morgan fingerprint density at radius 2 is 1.66 bits per heavy atom. The first-order valence-corrected chi connectivity index (χ1v) is 11.5. The maximum absolute atomic E-state index is 13.0. The quantitative estimate of drug-likeness (QED) is 0.156. The van der Waals surface area contributed by atoms with Gasteiger partial charge in [0.15, 0.2) is 0 Å². The SMILES string of the molecule is CCC(C)C(N)C(=O)NC(C(=O)NC(CCC(N)=O)C(=O)NC(Cc1cnc[nH]1)C(=O)O)C(C)C. The smallest absolute Gasteiger partial charge is 0.326 e. The van der Waals surface area contributed by atoms with Gasteiger partial charge in [-0.3, -0.25) is 19.2 Å². The van der Waals surface area contributed by atoms with Gasteiger partial charge in [0.2, 0.25) is 23.6 Å². The summed E-state index contributed by atoms with van der Waals surface area (Å²) < 4.78 is 0. The van der Waals surface area contributed by atoms with E-state index in [1.165, 1.54) is 12.5 Å². The predicted octanol–water partition coefficient (Wildman–Crippen LogP) is -1.21. The first-order valence-electron chi connectivity index (χ1n) is 11.5. The Morgan fingerprint density at radius 3 is 2.14 bits per heavy atom. The van der Waals surface area contributed by atoms with Crippen LogP contribution in [0.4, 0.5) is 0 Å². The Balaban J connectivity index is 2.99.